The second-order valence-electron chi connectivity index (χ2n) is 6.01. The highest BCUT2D eigenvalue weighted by molar-refractivity contribution is 6.40. The van der Waals surface area contributed by atoms with Crippen LogP contribution in [0.3, 0.4) is 0 Å². The zero-order chi connectivity index (χ0) is 16.7. The van der Waals surface area contributed by atoms with Crippen molar-refractivity contribution in [1.82, 2.24) is 9.88 Å². The van der Waals surface area contributed by atoms with E-state index in [9.17, 15) is 0 Å². The molecule has 2 heterocycles. The second-order valence-corrected chi connectivity index (χ2v) is 6.38. The fraction of sp³-hybridized carbons (Fsp3) is 0.211. The van der Waals surface area contributed by atoms with E-state index in [4.69, 9.17) is 25.7 Å². The first-order chi connectivity index (χ1) is 11.6. The van der Waals surface area contributed by atoms with Gasteiger partial charge in [0.05, 0.1) is 5.02 Å². The van der Waals surface area contributed by atoms with E-state index in [1.807, 2.05) is 56.6 Å². The highest BCUT2D eigenvalue weighted by Crippen LogP contribution is 2.38. The van der Waals surface area contributed by atoms with Gasteiger partial charge >= 0.3 is 0 Å². The molecule has 0 unspecified atom stereocenters. The third kappa shape index (κ3) is 2.48. The Labute approximate surface area is 144 Å². The number of halogens is 1. The van der Waals surface area contributed by atoms with Crippen molar-refractivity contribution < 1.29 is 9.15 Å². The smallest absolute Gasteiger partial charge is 0.173 e. The maximum atomic E-state index is 6.60. The van der Waals surface area contributed by atoms with Gasteiger partial charge in [-0.2, -0.15) is 0 Å². The SMILES string of the molecule is CN(C)CCOc1cccc2c(Cl)c3oc4ccccc4c3nc12. The van der Waals surface area contributed by atoms with Crippen LogP contribution in [0.2, 0.25) is 5.02 Å². The number of ether oxygens (including phenoxy) is 1. The molecule has 0 aliphatic carbocycles. The number of hydrogen-bond acceptors (Lipinski definition) is 4. The maximum absolute atomic E-state index is 6.60. The van der Waals surface area contributed by atoms with Gasteiger partial charge in [-0.15, -0.1) is 0 Å². The monoisotopic (exact) mass is 340 g/mol. The molecule has 2 aromatic carbocycles. The first-order valence-corrected chi connectivity index (χ1v) is 8.20. The van der Waals surface area contributed by atoms with Gasteiger partial charge in [0.2, 0.25) is 0 Å². The average molecular weight is 341 g/mol. The number of furan rings is 1. The van der Waals surface area contributed by atoms with Gasteiger partial charge in [0.15, 0.2) is 5.58 Å². The Morgan fingerprint density at radius 3 is 2.67 bits per heavy atom. The molecule has 0 N–H and O–H groups in total. The molecule has 0 atom stereocenters. The van der Waals surface area contributed by atoms with Crippen LogP contribution in [0.1, 0.15) is 0 Å². The lowest BCUT2D eigenvalue weighted by atomic mass is 10.1. The molecule has 4 nitrogen and oxygen atoms in total. The summed E-state index contributed by atoms with van der Waals surface area (Å²) in [5, 5.41) is 2.37. The first kappa shape index (κ1) is 15.2. The number of fused-ring (bicyclic) bond motifs is 4. The zero-order valence-corrected chi connectivity index (χ0v) is 14.3. The number of hydrogen-bond donors (Lipinski definition) is 0. The van der Waals surface area contributed by atoms with E-state index < -0.39 is 0 Å². The van der Waals surface area contributed by atoms with Crippen molar-refractivity contribution in [2.75, 3.05) is 27.2 Å². The van der Waals surface area contributed by atoms with Gasteiger partial charge in [-0.3, -0.25) is 0 Å². The zero-order valence-electron chi connectivity index (χ0n) is 13.5. The molecule has 4 aromatic rings. The summed E-state index contributed by atoms with van der Waals surface area (Å²) in [6, 6.07) is 13.6. The Morgan fingerprint density at radius 2 is 1.83 bits per heavy atom. The summed E-state index contributed by atoms with van der Waals surface area (Å²) in [7, 11) is 4.03. The number of pyridine rings is 1. The Hall–Kier alpha value is -2.30. The quantitative estimate of drug-likeness (QED) is 0.538. The first-order valence-electron chi connectivity index (χ1n) is 7.82. The second kappa shape index (κ2) is 5.96. The Kier molecular flexibility index (Phi) is 3.79. The average Bonchev–Trinajstić information content (AvgIpc) is 2.95. The normalized spacial score (nSPS) is 11.8. The van der Waals surface area contributed by atoms with Crippen molar-refractivity contribution in [3.05, 3.63) is 47.5 Å². The molecule has 0 amide bonds. The van der Waals surface area contributed by atoms with Crippen LogP contribution in [0.4, 0.5) is 0 Å². The Balaban J connectivity index is 1.92. The molecule has 122 valence electrons. The lowest BCUT2D eigenvalue weighted by Crippen LogP contribution is -2.19. The van der Waals surface area contributed by atoms with Crippen molar-refractivity contribution in [2.24, 2.45) is 0 Å². The summed E-state index contributed by atoms with van der Waals surface area (Å²) in [5.74, 6) is 0.739. The number of benzene rings is 2. The van der Waals surface area contributed by atoms with E-state index in [1.165, 1.54) is 0 Å². The fourth-order valence-corrected chi connectivity index (χ4v) is 3.08. The Bertz CT molecular complexity index is 1040. The largest absolute Gasteiger partial charge is 0.490 e. The molecular formula is C19H17ClN2O2. The van der Waals surface area contributed by atoms with Crippen molar-refractivity contribution in [2.45, 2.75) is 0 Å². The summed E-state index contributed by atoms with van der Waals surface area (Å²) in [5.41, 5.74) is 2.94. The van der Waals surface area contributed by atoms with Crippen LogP contribution in [0, 0.1) is 0 Å². The molecule has 2 aromatic heterocycles. The molecule has 4 rings (SSSR count). The van der Waals surface area contributed by atoms with Crippen LogP contribution >= 0.6 is 11.6 Å². The maximum Gasteiger partial charge on any atom is 0.173 e. The van der Waals surface area contributed by atoms with E-state index >= 15 is 0 Å². The van der Waals surface area contributed by atoms with Gasteiger partial charge in [0, 0.05) is 17.3 Å². The number of likely N-dealkylation sites (N-methyl/N-ethyl adjacent to an activating group) is 1. The van der Waals surface area contributed by atoms with Gasteiger partial charge in [-0.25, -0.2) is 4.98 Å². The summed E-state index contributed by atoms with van der Waals surface area (Å²) in [6.45, 7) is 1.43. The van der Waals surface area contributed by atoms with E-state index in [2.05, 4.69) is 4.90 Å². The molecule has 0 spiro atoms. The molecular weight excluding hydrogens is 324 g/mol. The molecule has 24 heavy (non-hydrogen) atoms. The summed E-state index contributed by atoms with van der Waals surface area (Å²) in [6.07, 6.45) is 0. The molecule has 0 radical (unpaired) electrons. The van der Waals surface area contributed by atoms with Gasteiger partial charge in [0.1, 0.15) is 29.0 Å². The van der Waals surface area contributed by atoms with Gasteiger partial charge in [-0.1, -0.05) is 35.9 Å². The summed E-state index contributed by atoms with van der Waals surface area (Å²) < 4.78 is 11.8. The number of nitrogens with zero attached hydrogens (tertiary/aromatic N) is 2. The molecule has 0 saturated carbocycles. The minimum absolute atomic E-state index is 0.573. The molecule has 0 bridgehead atoms. The molecule has 5 heteroatoms. The fourth-order valence-electron chi connectivity index (χ4n) is 2.80. The topological polar surface area (TPSA) is 38.5 Å². The van der Waals surface area contributed by atoms with Crippen molar-refractivity contribution in [3.8, 4) is 5.75 Å². The minimum Gasteiger partial charge on any atom is -0.490 e. The number of para-hydroxylation sites is 2. The third-order valence-corrected chi connectivity index (χ3v) is 4.40. The van der Waals surface area contributed by atoms with Crippen LogP contribution in [-0.2, 0) is 0 Å². The number of aromatic nitrogens is 1. The van der Waals surface area contributed by atoms with Crippen molar-refractivity contribution in [1.29, 1.82) is 0 Å². The highest BCUT2D eigenvalue weighted by atomic mass is 35.5. The molecule has 0 fully saturated rings. The van der Waals surface area contributed by atoms with Gasteiger partial charge < -0.3 is 14.1 Å². The van der Waals surface area contributed by atoms with E-state index in [-0.39, 0.29) is 0 Å². The third-order valence-electron chi connectivity index (χ3n) is 4.02. The summed E-state index contributed by atoms with van der Waals surface area (Å²) >= 11 is 6.60. The van der Waals surface area contributed by atoms with Crippen LogP contribution in [-0.4, -0.2) is 37.1 Å². The molecule has 0 aliphatic rings. The van der Waals surface area contributed by atoms with E-state index in [1.54, 1.807) is 0 Å². The van der Waals surface area contributed by atoms with Gasteiger partial charge in [0.25, 0.3) is 0 Å². The standard InChI is InChI=1S/C19H17ClN2O2/c1-22(2)10-11-23-15-9-5-7-13-16(20)19-18(21-17(13)15)12-6-3-4-8-14(12)24-19/h3-9H,10-11H2,1-2H3. The highest BCUT2D eigenvalue weighted by Gasteiger charge is 2.16. The summed E-state index contributed by atoms with van der Waals surface area (Å²) in [4.78, 5) is 6.88. The lowest BCUT2D eigenvalue weighted by molar-refractivity contribution is 0.263. The van der Waals surface area contributed by atoms with Crippen molar-refractivity contribution in [3.63, 3.8) is 0 Å². The van der Waals surface area contributed by atoms with E-state index in [0.717, 1.165) is 39.7 Å². The number of rotatable bonds is 4. The van der Waals surface area contributed by atoms with Gasteiger partial charge in [-0.05, 0) is 32.3 Å². The van der Waals surface area contributed by atoms with Crippen LogP contribution in [0.25, 0.3) is 33.0 Å². The predicted molar refractivity (Wildman–Crippen MR) is 98.1 cm³/mol. The van der Waals surface area contributed by atoms with Crippen LogP contribution < -0.4 is 4.74 Å². The van der Waals surface area contributed by atoms with Crippen LogP contribution in [0.5, 0.6) is 5.75 Å². The molecule has 0 saturated heterocycles. The predicted octanol–water partition coefficient (Wildman–Crippen LogP) is 4.73. The van der Waals surface area contributed by atoms with E-state index in [0.29, 0.717) is 17.2 Å². The Morgan fingerprint density at radius 1 is 1.04 bits per heavy atom. The minimum atomic E-state index is 0.573. The van der Waals surface area contributed by atoms with Crippen molar-refractivity contribution >= 4 is 44.6 Å². The lowest BCUT2D eigenvalue weighted by Gasteiger charge is -2.12. The van der Waals surface area contributed by atoms with Crippen LogP contribution in [0.15, 0.2) is 46.9 Å². The molecule has 0 aliphatic heterocycles.